The van der Waals surface area contributed by atoms with E-state index in [0.717, 1.165) is 48.8 Å². The van der Waals surface area contributed by atoms with Crippen LogP contribution in [0.25, 0.3) is 16.0 Å². The van der Waals surface area contributed by atoms with E-state index in [0.29, 0.717) is 11.8 Å². The quantitative estimate of drug-likeness (QED) is 0.712. The van der Waals surface area contributed by atoms with Gasteiger partial charge in [0.25, 0.3) is 5.56 Å². The molecule has 1 saturated heterocycles. The summed E-state index contributed by atoms with van der Waals surface area (Å²) < 4.78 is 4.38. The van der Waals surface area contributed by atoms with Crippen molar-refractivity contribution < 1.29 is 0 Å². The molecule has 0 unspecified atom stereocenters. The van der Waals surface area contributed by atoms with Crippen LogP contribution in [-0.4, -0.2) is 61.2 Å². The molecule has 1 fully saturated rings. The van der Waals surface area contributed by atoms with Crippen LogP contribution < -0.4 is 5.56 Å². The summed E-state index contributed by atoms with van der Waals surface area (Å²) in [7, 11) is 1.76. The fourth-order valence-corrected chi connectivity index (χ4v) is 4.24. The van der Waals surface area contributed by atoms with Crippen LogP contribution in [0.5, 0.6) is 0 Å². The van der Waals surface area contributed by atoms with Crippen molar-refractivity contribution in [1.82, 2.24) is 29.0 Å². The zero-order valence-corrected chi connectivity index (χ0v) is 15.1. The van der Waals surface area contributed by atoms with E-state index in [1.54, 1.807) is 11.6 Å². The van der Waals surface area contributed by atoms with E-state index in [4.69, 9.17) is 0 Å². The van der Waals surface area contributed by atoms with Gasteiger partial charge in [0.05, 0.1) is 12.1 Å². The van der Waals surface area contributed by atoms with E-state index in [-0.39, 0.29) is 5.56 Å². The maximum atomic E-state index is 12.4. The minimum Gasteiger partial charge on any atom is -0.298 e. The summed E-state index contributed by atoms with van der Waals surface area (Å²) in [4.78, 5) is 17.3. The summed E-state index contributed by atoms with van der Waals surface area (Å²) >= 11 is 1.47. The third-order valence-electron chi connectivity index (χ3n) is 4.90. The van der Waals surface area contributed by atoms with Gasteiger partial charge in [0.15, 0.2) is 5.82 Å². The Kier molecular flexibility index (Phi) is 3.90. The number of fused-ring (bicyclic) bond motifs is 3. The lowest BCUT2D eigenvalue weighted by Crippen LogP contribution is -2.48. The third-order valence-corrected chi connectivity index (χ3v) is 5.79. The van der Waals surface area contributed by atoms with Gasteiger partial charge in [-0.25, -0.2) is 0 Å². The Morgan fingerprint density at radius 1 is 1.21 bits per heavy atom. The van der Waals surface area contributed by atoms with Crippen LogP contribution in [0, 0.1) is 0 Å². The highest BCUT2D eigenvalue weighted by molar-refractivity contribution is 7.17. The van der Waals surface area contributed by atoms with E-state index >= 15 is 0 Å². The van der Waals surface area contributed by atoms with Crippen LogP contribution in [0.4, 0.5) is 0 Å². The largest absolute Gasteiger partial charge is 0.298 e. The van der Waals surface area contributed by atoms with E-state index in [1.807, 2.05) is 15.8 Å². The Morgan fingerprint density at radius 2 is 1.96 bits per heavy atom. The van der Waals surface area contributed by atoms with Crippen molar-refractivity contribution >= 4 is 27.3 Å². The Bertz CT molecular complexity index is 931. The van der Waals surface area contributed by atoms with Gasteiger partial charge in [-0.3, -0.25) is 23.6 Å². The van der Waals surface area contributed by atoms with Crippen molar-refractivity contribution in [3.8, 4) is 0 Å². The lowest BCUT2D eigenvalue weighted by atomic mass is 10.2. The Morgan fingerprint density at radius 3 is 2.67 bits per heavy atom. The molecule has 1 aliphatic heterocycles. The summed E-state index contributed by atoms with van der Waals surface area (Å²) in [6, 6.07) is 2.58. The number of hydrogen-bond donors (Lipinski definition) is 0. The van der Waals surface area contributed by atoms with E-state index < -0.39 is 0 Å². The molecule has 0 spiro atoms. The summed E-state index contributed by atoms with van der Waals surface area (Å²) in [5.41, 5.74) is 0.913. The second-order valence-electron chi connectivity index (χ2n) is 6.66. The highest BCUT2D eigenvalue weighted by Crippen LogP contribution is 2.20. The number of rotatable bonds is 3. The van der Waals surface area contributed by atoms with E-state index in [2.05, 4.69) is 33.8 Å². The van der Waals surface area contributed by atoms with Crippen molar-refractivity contribution in [3.05, 3.63) is 27.6 Å². The highest BCUT2D eigenvalue weighted by Gasteiger charge is 2.22. The number of piperazine rings is 1. The molecule has 128 valence electrons. The fourth-order valence-electron chi connectivity index (χ4n) is 3.39. The Labute approximate surface area is 144 Å². The average Bonchev–Trinajstić information content (AvgIpc) is 3.20. The van der Waals surface area contributed by atoms with Crippen LogP contribution in [-0.2, 0) is 13.6 Å². The summed E-state index contributed by atoms with van der Waals surface area (Å²) in [6.45, 7) is 9.49. The van der Waals surface area contributed by atoms with Gasteiger partial charge in [-0.15, -0.1) is 21.5 Å². The first kappa shape index (κ1) is 15.7. The fraction of sp³-hybridized carbons (Fsp3) is 0.562. The molecule has 0 aliphatic carbocycles. The van der Waals surface area contributed by atoms with Crippen molar-refractivity contribution in [2.45, 2.75) is 26.4 Å². The predicted molar refractivity (Wildman–Crippen MR) is 95.6 cm³/mol. The van der Waals surface area contributed by atoms with Crippen LogP contribution in [0.15, 0.2) is 16.2 Å². The van der Waals surface area contributed by atoms with Gasteiger partial charge in [-0.1, -0.05) is 0 Å². The van der Waals surface area contributed by atoms with Crippen molar-refractivity contribution in [2.75, 3.05) is 26.2 Å². The second-order valence-corrected chi connectivity index (χ2v) is 7.57. The summed E-state index contributed by atoms with van der Waals surface area (Å²) in [5, 5.41) is 10.6. The molecule has 4 rings (SSSR count). The molecule has 24 heavy (non-hydrogen) atoms. The van der Waals surface area contributed by atoms with Gasteiger partial charge in [0.1, 0.15) is 4.70 Å². The van der Waals surface area contributed by atoms with Crippen molar-refractivity contribution in [3.63, 3.8) is 0 Å². The zero-order valence-electron chi connectivity index (χ0n) is 14.3. The normalized spacial score (nSPS) is 17.5. The molecule has 8 heteroatoms. The van der Waals surface area contributed by atoms with Crippen molar-refractivity contribution in [2.24, 2.45) is 7.05 Å². The minimum absolute atomic E-state index is 0.00278. The first-order valence-corrected chi connectivity index (χ1v) is 9.21. The number of nitrogens with zero attached hydrogens (tertiary/aromatic N) is 6. The number of thiophene rings is 1. The number of aryl methyl sites for hydroxylation is 1. The second kappa shape index (κ2) is 5.94. The Balaban J connectivity index is 1.68. The van der Waals surface area contributed by atoms with Gasteiger partial charge < -0.3 is 0 Å². The van der Waals surface area contributed by atoms with Crippen molar-refractivity contribution in [1.29, 1.82) is 0 Å². The number of aromatic nitrogens is 4. The van der Waals surface area contributed by atoms with E-state index in [1.165, 1.54) is 11.3 Å². The molecule has 0 radical (unpaired) electrons. The molecular formula is C16H22N6OS. The molecule has 3 aromatic rings. The van der Waals surface area contributed by atoms with Crippen LogP contribution in [0.1, 0.15) is 19.7 Å². The topological polar surface area (TPSA) is 58.7 Å². The van der Waals surface area contributed by atoms with Gasteiger partial charge in [0, 0.05) is 39.3 Å². The molecule has 0 N–H and O–H groups in total. The van der Waals surface area contributed by atoms with E-state index in [9.17, 15) is 4.79 Å². The first-order chi connectivity index (χ1) is 11.6. The summed E-state index contributed by atoms with van der Waals surface area (Å²) in [6.07, 6.45) is 0. The monoisotopic (exact) mass is 346 g/mol. The number of hydrogen-bond acceptors (Lipinski definition) is 6. The molecule has 0 saturated carbocycles. The molecule has 3 aromatic heterocycles. The first-order valence-electron chi connectivity index (χ1n) is 8.33. The zero-order chi connectivity index (χ0) is 16.8. The average molecular weight is 346 g/mol. The molecule has 0 bridgehead atoms. The highest BCUT2D eigenvalue weighted by atomic mass is 32.1. The molecular weight excluding hydrogens is 324 g/mol. The molecule has 4 heterocycles. The lowest BCUT2D eigenvalue weighted by Gasteiger charge is -2.36. The molecule has 0 atom stereocenters. The van der Waals surface area contributed by atoms with Gasteiger partial charge in [-0.05, 0) is 25.3 Å². The summed E-state index contributed by atoms with van der Waals surface area (Å²) in [5.74, 6) is 1.52. The van der Waals surface area contributed by atoms with Crippen LogP contribution >= 0.6 is 11.3 Å². The molecule has 0 aromatic carbocycles. The predicted octanol–water partition coefficient (Wildman–Crippen LogP) is 1.17. The Hall–Kier alpha value is -1.77. The lowest BCUT2D eigenvalue weighted by molar-refractivity contribution is 0.102. The smallest absolute Gasteiger partial charge is 0.272 e. The van der Waals surface area contributed by atoms with Crippen LogP contribution in [0.2, 0.25) is 0 Å². The van der Waals surface area contributed by atoms with Crippen LogP contribution in [0.3, 0.4) is 0 Å². The molecule has 1 aliphatic rings. The maximum absolute atomic E-state index is 12.4. The van der Waals surface area contributed by atoms with Gasteiger partial charge in [0.2, 0.25) is 5.78 Å². The molecule has 0 amide bonds. The van der Waals surface area contributed by atoms with Gasteiger partial charge in [-0.2, -0.15) is 0 Å². The minimum atomic E-state index is -0.00278. The standard InChI is InChI=1S/C16H22N6OS/c1-11(2)21-7-5-20(6-8-21)10-13-17-18-16-19(3)15(23)14-12(22(13)16)4-9-24-14/h4,9,11H,5-8,10H2,1-3H3. The molecule has 7 nitrogen and oxygen atoms in total. The maximum Gasteiger partial charge on any atom is 0.272 e. The van der Waals surface area contributed by atoms with Gasteiger partial charge >= 0.3 is 0 Å². The SMILES string of the molecule is CC(C)N1CCN(Cc2nnc3n(C)c(=O)c4sccc4n23)CC1. The third kappa shape index (κ3) is 2.45.